The molecule has 0 bridgehead atoms. The lowest BCUT2D eigenvalue weighted by atomic mass is 9.91. The van der Waals surface area contributed by atoms with E-state index in [-0.39, 0.29) is 6.54 Å². The molecular weight excluding hydrogens is 242 g/mol. The van der Waals surface area contributed by atoms with Crippen molar-refractivity contribution in [2.75, 3.05) is 0 Å². The van der Waals surface area contributed by atoms with E-state index in [0.29, 0.717) is 16.5 Å². The molecule has 1 fully saturated rings. The van der Waals surface area contributed by atoms with Gasteiger partial charge in [0.1, 0.15) is 0 Å². The summed E-state index contributed by atoms with van der Waals surface area (Å²) in [6, 6.07) is 3.51. The number of isocyanates is 1. The van der Waals surface area contributed by atoms with Crippen molar-refractivity contribution in [1.29, 1.82) is 0 Å². The lowest BCUT2D eigenvalue weighted by Crippen LogP contribution is -2.45. The van der Waals surface area contributed by atoms with Crippen LogP contribution in [-0.2, 0) is 11.3 Å². The molecule has 1 spiro atoms. The molecule has 1 aliphatic heterocycles. The maximum atomic E-state index is 10.1. The van der Waals surface area contributed by atoms with Gasteiger partial charge in [0.15, 0.2) is 11.5 Å². The van der Waals surface area contributed by atoms with E-state index in [9.17, 15) is 4.79 Å². The molecule has 3 rings (SSSR count). The third-order valence-corrected chi connectivity index (χ3v) is 3.49. The van der Waals surface area contributed by atoms with E-state index >= 15 is 0 Å². The van der Waals surface area contributed by atoms with E-state index in [0.717, 1.165) is 24.8 Å². The Labute approximate surface area is 103 Å². The first-order valence-corrected chi connectivity index (χ1v) is 5.84. The first kappa shape index (κ1) is 10.6. The predicted molar refractivity (Wildman–Crippen MR) is 61.1 cm³/mol. The Morgan fingerprint density at radius 2 is 2.06 bits per heavy atom. The molecule has 1 saturated carbocycles. The van der Waals surface area contributed by atoms with Gasteiger partial charge in [-0.3, -0.25) is 0 Å². The minimum Gasteiger partial charge on any atom is -0.448 e. The fourth-order valence-electron chi connectivity index (χ4n) is 2.07. The number of hydrogen-bond acceptors (Lipinski definition) is 4. The number of carbonyl (C=O) groups excluding carboxylic acids is 1. The molecule has 17 heavy (non-hydrogen) atoms. The highest BCUT2D eigenvalue weighted by atomic mass is 35.5. The van der Waals surface area contributed by atoms with Gasteiger partial charge in [-0.2, -0.15) is 0 Å². The van der Waals surface area contributed by atoms with Crippen LogP contribution in [0, 0.1) is 0 Å². The second kappa shape index (κ2) is 3.76. The van der Waals surface area contributed by atoms with Gasteiger partial charge in [-0.1, -0.05) is 11.6 Å². The number of halogens is 1. The molecule has 0 amide bonds. The van der Waals surface area contributed by atoms with E-state index in [1.54, 1.807) is 12.1 Å². The summed E-state index contributed by atoms with van der Waals surface area (Å²) in [6.45, 7) is 0.214. The third-order valence-electron chi connectivity index (χ3n) is 3.13. The molecule has 0 radical (unpaired) electrons. The average molecular weight is 252 g/mol. The summed E-state index contributed by atoms with van der Waals surface area (Å²) < 4.78 is 11.5. The smallest absolute Gasteiger partial charge is 0.251 e. The lowest BCUT2D eigenvalue weighted by Gasteiger charge is -2.35. The molecule has 1 aromatic carbocycles. The largest absolute Gasteiger partial charge is 0.448 e. The average Bonchev–Trinajstić information content (AvgIpc) is 2.64. The molecule has 0 N–H and O–H groups in total. The fourth-order valence-corrected chi connectivity index (χ4v) is 2.28. The molecular formula is C12H10ClNO3. The molecule has 1 aromatic rings. The van der Waals surface area contributed by atoms with Gasteiger partial charge in [-0.05, 0) is 18.1 Å². The molecule has 0 atom stereocenters. The summed E-state index contributed by atoms with van der Waals surface area (Å²) in [5.74, 6) is 0.900. The van der Waals surface area contributed by atoms with Crippen molar-refractivity contribution in [2.45, 2.75) is 31.6 Å². The highest BCUT2D eigenvalue weighted by molar-refractivity contribution is 6.31. The van der Waals surface area contributed by atoms with Gasteiger partial charge >= 0.3 is 0 Å². The highest BCUT2D eigenvalue weighted by Gasteiger charge is 2.47. The number of ether oxygens (including phenoxy) is 2. The van der Waals surface area contributed by atoms with Crippen molar-refractivity contribution in [1.82, 2.24) is 0 Å². The van der Waals surface area contributed by atoms with Gasteiger partial charge in [0, 0.05) is 23.9 Å². The minimum atomic E-state index is -0.460. The van der Waals surface area contributed by atoms with Crippen LogP contribution >= 0.6 is 11.6 Å². The molecule has 0 unspecified atom stereocenters. The van der Waals surface area contributed by atoms with Crippen molar-refractivity contribution in [3.8, 4) is 11.5 Å². The molecule has 88 valence electrons. The van der Waals surface area contributed by atoms with Crippen LogP contribution in [0.5, 0.6) is 11.5 Å². The summed E-state index contributed by atoms with van der Waals surface area (Å²) in [5.41, 5.74) is 0.744. The predicted octanol–water partition coefficient (Wildman–Crippen LogP) is 2.83. The zero-order valence-corrected chi connectivity index (χ0v) is 9.79. The van der Waals surface area contributed by atoms with E-state index in [1.165, 1.54) is 6.08 Å². The molecule has 1 heterocycles. The zero-order valence-electron chi connectivity index (χ0n) is 9.03. The molecule has 0 aromatic heterocycles. The first-order valence-electron chi connectivity index (χ1n) is 5.46. The first-order chi connectivity index (χ1) is 8.22. The summed E-state index contributed by atoms with van der Waals surface area (Å²) in [6.07, 6.45) is 4.42. The maximum absolute atomic E-state index is 10.1. The standard InChI is InChI=1S/C12H10ClNO3/c13-9-5-11-10(4-8(9)6-14-7-15)16-12(17-11)2-1-3-12/h4-5H,1-3,6H2. The van der Waals surface area contributed by atoms with E-state index in [1.807, 2.05) is 0 Å². The molecule has 1 aliphatic carbocycles. The highest BCUT2D eigenvalue weighted by Crippen LogP contribution is 2.49. The van der Waals surface area contributed by atoms with Crippen LogP contribution in [0.1, 0.15) is 24.8 Å². The molecule has 2 aliphatic rings. The van der Waals surface area contributed by atoms with Gasteiger partial charge in [0.2, 0.25) is 6.08 Å². The van der Waals surface area contributed by atoms with E-state index < -0.39 is 5.79 Å². The van der Waals surface area contributed by atoms with Crippen molar-refractivity contribution >= 4 is 17.7 Å². The number of nitrogens with zero attached hydrogens (tertiary/aromatic N) is 1. The van der Waals surface area contributed by atoms with E-state index in [4.69, 9.17) is 21.1 Å². The van der Waals surface area contributed by atoms with Crippen molar-refractivity contribution < 1.29 is 14.3 Å². The molecule has 4 nitrogen and oxygen atoms in total. The SMILES string of the molecule is O=C=NCc1cc2c(cc1Cl)OC1(CCC1)O2. The van der Waals surface area contributed by atoms with Crippen LogP contribution in [0.2, 0.25) is 5.02 Å². The Morgan fingerprint density at radius 1 is 1.35 bits per heavy atom. The minimum absolute atomic E-state index is 0.214. The normalized spacial score (nSPS) is 18.6. The van der Waals surface area contributed by atoms with Crippen molar-refractivity contribution in [3.05, 3.63) is 22.7 Å². The van der Waals surface area contributed by atoms with Crippen molar-refractivity contribution in [3.63, 3.8) is 0 Å². The second-order valence-corrected chi connectivity index (χ2v) is 4.67. The summed E-state index contributed by atoms with van der Waals surface area (Å²) in [7, 11) is 0. The Kier molecular flexibility index (Phi) is 2.35. The second-order valence-electron chi connectivity index (χ2n) is 4.27. The Morgan fingerprint density at radius 3 is 2.65 bits per heavy atom. The Bertz CT molecular complexity index is 519. The third kappa shape index (κ3) is 1.70. The summed E-state index contributed by atoms with van der Waals surface area (Å²) in [4.78, 5) is 13.6. The van der Waals surface area contributed by atoms with Gasteiger partial charge in [-0.15, -0.1) is 0 Å². The zero-order chi connectivity index (χ0) is 11.9. The van der Waals surface area contributed by atoms with Gasteiger partial charge in [0.05, 0.1) is 6.54 Å². The van der Waals surface area contributed by atoms with Gasteiger partial charge in [-0.25, -0.2) is 9.79 Å². The van der Waals surface area contributed by atoms with Crippen molar-refractivity contribution in [2.24, 2.45) is 4.99 Å². The maximum Gasteiger partial charge on any atom is 0.251 e. The Balaban J connectivity index is 1.92. The van der Waals surface area contributed by atoms with Crippen LogP contribution in [0.4, 0.5) is 0 Å². The molecule has 5 heteroatoms. The number of fused-ring (bicyclic) bond motifs is 1. The molecule has 0 saturated heterocycles. The van der Waals surface area contributed by atoms with Gasteiger partial charge in [0.25, 0.3) is 5.79 Å². The number of benzene rings is 1. The van der Waals surface area contributed by atoms with Crippen LogP contribution in [0.25, 0.3) is 0 Å². The fraction of sp³-hybridized carbons (Fsp3) is 0.417. The van der Waals surface area contributed by atoms with Crippen LogP contribution in [0.15, 0.2) is 17.1 Å². The Hall–Kier alpha value is -1.51. The number of rotatable bonds is 2. The van der Waals surface area contributed by atoms with Crippen LogP contribution in [0.3, 0.4) is 0 Å². The summed E-state index contributed by atoms with van der Waals surface area (Å²) >= 11 is 6.07. The summed E-state index contributed by atoms with van der Waals surface area (Å²) in [5, 5.41) is 0.530. The van der Waals surface area contributed by atoms with Crippen LogP contribution in [-0.4, -0.2) is 11.9 Å². The van der Waals surface area contributed by atoms with Gasteiger partial charge < -0.3 is 9.47 Å². The monoisotopic (exact) mass is 251 g/mol. The quantitative estimate of drug-likeness (QED) is 0.600. The van der Waals surface area contributed by atoms with Crippen LogP contribution < -0.4 is 9.47 Å². The number of hydrogen-bond donors (Lipinski definition) is 0. The van der Waals surface area contributed by atoms with E-state index in [2.05, 4.69) is 4.99 Å². The number of aliphatic imine (C=N–C) groups is 1. The lowest BCUT2D eigenvalue weighted by molar-refractivity contribution is -0.138. The topological polar surface area (TPSA) is 47.9 Å².